The number of rotatable bonds is 1. The highest BCUT2D eigenvalue weighted by Crippen LogP contribution is 2.22. The molecule has 0 amide bonds. The van der Waals surface area contributed by atoms with Gasteiger partial charge in [0.15, 0.2) is 0 Å². The van der Waals surface area contributed by atoms with Gasteiger partial charge in [-0.2, -0.15) is 0 Å². The van der Waals surface area contributed by atoms with Crippen molar-refractivity contribution in [2.75, 3.05) is 0 Å². The van der Waals surface area contributed by atoms with Gasteiger partial charge in [0.05, 0.1) is 4.47 Å². The SMILES string of the molecule is O=[PH+]c1cccc(Br)c1Br. The van der Waals surface area contributed by atoms with Crippen molar-refractivity contribution in [3.05, 3.63) is 27.1 Å². The minimum atomic E-state index is -0.402. The van der Waals surface area contributed by atoms with Crippen molar-refractivity contribution < 1.29 is 4.57 Å². The van der Waals surface area contributed by atoms with E-state index in [0.29, 0.717) is 0 Å². The van der Waals surface area contributed by atoms with E-state index in [4.69, 9.17) is 0 Å². The molecule has 0 saturated heterocycles. The summed E-state index contributed by atoms with van der Waals surface area (Å²) in [4.78, 5) is 0. The molecule has 0 bridgehead atoms. The van der Waals surface area contributed by atoms with Crippen LogP contribution in [0.25, 0.3) is 0 Å². The number of halogens is 2. The minimum Gasteiger partial charge on any atom is -0.0707 e. The van der Waals surface area contributed by atoms with Crippen molar-refractivity contribution in [3.63, 3.8) is 0 Å². The average Bonchev–Trinajstić information content (AvgIpc) is 1.95. The molecule has 1 nitrogen and oxygen atoms in total. The quantitative estimate of drug-likeness (QED) is 0.724. The van der Waals surface area contributed by atoms with E-state index in [2.05, 4.69) is 31.9 Å². The molecule has 0 spiro atoms. The molecular formula is C6H4Br2OP+. The lowest BCUT2D eigenvalue weighted by atomic mass is 10.4. The van der Waals surface area contributed by atoms with Gasteiger partial charge in [-0.25, -0.2) is 0 Å². The predicted octanol–water partition coefficient (Wildman–Crippen LogP) is 2.86. The third-order valence-electron chi connectivity index (χ3n) is 1.06. The Morgan fingerprint density at radius 2 is 2.00 bits per heavy atom. The summed E-state index contributed by atoms with van der Waals surface area (Å²) >= 11 is 6.61. The molecule has 0 N–H and O–H groups in total. The second kappa shape index (κ2) is 3.61. The standard InChI is InChI=1S/C6H3Br2OP/c7-4-2-1-3-5(10-9)6(4)8/h1-3H/p+1. The lowest BCUT2D eigenvalue weighted by Gasteiger charge is -1.90. The molecule has 10 heavy (non-hydrogen) atoms. The molecule has 1 rings (SSSR count). The maximum absolute atomic E-state index is 10.5. The predicted molar refractivity (Wildman–Crippen MR) is 50.5 cm³/mol. The van der Waals surface area contributed by atoms with Crippen LogP contribution in [0.3, 0.4) is 0 Å². The highest BCUT2D eigenvalue weighted by Gasteiger charge is 2.07. The van der Waals surface area contributed by atoms with E-state index in [0.717, 1.165) is 14.2 Å². The molecule has 1 aromatic carbocycles. The monoisotopic (exact) mass is 281 g/mol. The zero-order valence-corrected chi connectivity index (χ0v) is 9.07. The van der Waals surface area contributed by atoms with Crippen molar-refractivity contribution in [1.82, 2.24) is 0 Å². The summed E-state index contributed by atoms with van der Waals surface area (Å²) in [5.41, 5.74) is 0. The molecular weight excluding hydrogens is 279 g/mol. The van der Waals surface area contributed by atoms with Crippen LogP contribution in [0, 0.1) is 0 Å². The molecule has 0 heterocycles. The Bertz CT molecular complexity index is 262. The Balaban J connectivity index is 3.27. The molecule has 1 aromatic rings. The highest BCUT2D eigenvalue weighted by atomic mass is 79.9. The van der Waals surface area contributed by atoms with Crippen molar-refractivity contribution >= 4 is 45.6 Å². The van der Waals surface area contributed by atoms with E-state index in [-0.39, 0.29) is 0 Å². The molecule has 0 aromatic heterocycles. The first-order valence-electron chi connectivity index (χ1n) is 2.58. The molecule has 0 radical (unpaired) electrons. The zero-order chi connectivity index (χ0) is 7.56. The van der Waals surface area contributed by atoms with E-state index >= 15 is 0 Å². The molecule has 1 atom stereocenters. The first kappa shape index (κ1) is 8.38. The van der Waals surface area contributed by atoms with E-state index in [9.17, 15) is 4.57 Å². The van der Waals surface area contributed by atoms with Crippen LogP contribution in [0.4, 0.5) is 0 Å². The molecule has 0 aliphatic rings. The summed E-state index contributed by atoms with van der Waals surface area (Å²) in [5.74, 6) is 0. The van der Waals surface area contributed by atoms with Crippen LogP contribution in [-0.2, 0) is 4.57 Å². The lowest BCUT2D eigenvalue weighted by Crippen LogP contribution is -1.92. The van der Waals surface area contributed by atoms with E-state index in [1.165, 1.54) is 0 Å². The van der Waals surface area contributed by atoms with Gasteiger partial charge in [0.2, 0.25) is 5.30 Å². The summed E-state index contributed by atoms with van der Waals surface area (Å²) in [6.07, 6.45) is 0. The maximum atomic E-state index is 10.5. The maximum Gasteiger partial charge on any atom is 0.364 e. The van der Waals surface area contributed by atoms with Crippen molar-refractivity contribution in [2.24, 2.45) is 0 Å². The highest BCUT2D eigenvalue weighted by molar-refractivity contribution is 9.13. The Morgan fingerprint density at radius 3 is 2.50 bits per heavy atom. The van der Waals surface area contributed by atoms with Crippen molar-refractivity contribution in [2.45, 2.75) is 0 Å². The molecule has 0 fully saturated rings. The Labute approximate surface area is 77.3 Å². The van der Waals surface area contributed by atoms with Gasteiger partial charge in [0.1, 0.15) is 0 Å². The normalized spacial score (nSPS) is 10.2. The van der Waals surface area contributed by atoms with Gasteiger partial charge in [0.25, 0.3) is 0 Å². The van der Waals surface area contributed by atoms with Crippen LogP contribution in [-0.4, -0.2) is 0 Å². The van der Waals surface area contributed by atoms with Gasteiger partial charge in [-0.05, 0) is 44.0 Å². The van der Waals surface area contributed by atoms with Crippen molar-refractivity contribution in [1.29, 1.82) is 0 Å². The topological polar surface area (TPSA) is 17.1 Å². The molecule has 0 saturated carbocycles. The molecule has 4 heteroatoms. The molecule has 0 aliphatic heterocycles. The first-order chi connectivity index (χ1) is 4.75. The Hall–Kier alpha value is 0.280. The largest absolute Gasteiger partial charge is 0.364 e. The van der Waals surface area contributed by atoms with Gasteiger partial charge >= 0.3 is 8.46 Å². The van der Waals surface area contributed by atoms with Gasteiger partial charge in [0, 0.05) is 4.47 Å². The van der Waals surface area contributed by atoms with E-state index < -0.39 is 8.46 Å². The summed E-state index contributed by atoms with van der Waals surface area (Å²) in [6, 6.07) is 5.57. The fourth-order valence-electron chi connectivity index (χ4n) is 0.583. The average molecular weight is 283 g/mol. The second-order valence-corrected chi connectivity index (χ2v) is 4.09. The molecule has 1 unspecified atom stereocenters. The molecule has 0 aliphatic carbocycles. The summed E-state index contributed by atoms with van der Waals surface area (Å²) in [7, 11) is -0.402. The van der Waals surface area contributed by atoms with Crippen LogP contribution in [0.1, 0.15) is 0 Å². The Kier molecular flexibility index (Phi) is 3.02. The molecule has 52 valence electrons. The first-order valence-corrected chi connectivity index (χ1v) is 5.07. The van der Waals surface area contributed by atoms with Gasteiger partial charge in [-0.15, -0.1) is 0 Å². The smallest absolute Gasteiger partial charge is 0.0707 e. The lowest BCUT2D eigenvalue weighted by molar-refractivity contribution is 0.603. The van der Waals surface area contributed by atoms with Crippen LogP contribution < -0.4 is 5.30 Å². The Morgan fingerprint density at radius 1 is 1.30 bits per heavy atom. The number of benzene rings is 1. The van der Waals surface area contributed by atoms with Gasteiger partial charge < -0.3 is 0 Å². The van der Waals surface area contributed by atoms with Crippen molar-refractivity contribution in [3.8, 4) is 0 Å². The number of hydrogen-bond acceptors (Lipinski definition) is 1. The summed E-state index contributed by atoms with van der Waals surface area (Å²) in [5, 5.41) is 0.814. The van der Waals surface area contributed by atoms with Crippen LogP contribution in [0.5, 0.6) is 0 Å². The van der Waals surface area contributed by atoms with E-state index in [1.807, 2.05) is 18.2 Å². The van der Waals surface area contributed by atoms with Gasteiger partial charge in [-0.1, -0.05) is 10.6 Å². The minimum absolute atomic E-state index is 0.402. The van der Waals surface area contributed by atoms with E-state index in [1.54, 1.807) is 0 Å². The fraction of sp³-hybridized carbons (Fsp3) is 0. The summed E-state index contributed by atoms with van der Waals surface area (Å²) in [6.45, 7) is 0. The zero-order valence-electron chi connectivity index (χ0n) is 4.90. The summed E-state index contributed by atoms with van der Waals surface area (Å²) < 4.78 is 12.3. The number of hydrogen-bond donors (Lipinski definition) is 0. The van der Waals surface area contributed by atoms with Crippen LogP contribution in [0.2, 0.25) is 0 Å². The third-order valence-corrected chi connectivity index (χ3v) is 4.11. The van der Waals surface area contributed by atoms with Crippen LogP contribution in [0.15, 0.2) is 27.1 Å². The van der Waals surface area contributed by atoms with Crippen LogP contribution >= 0.6 is 40.3 Å². The fourth-order valence-corrected chi connectivity index (χ4v) is 2.03. The third kappa shape index (κ3) is 1.66. The second-order valence-electron chi connectivity index (χ2n) is 1.70. The van der Waals surface area contributed by atoms with Gasteiger partial charge in [-0.3, -0.25) is 0 Å².